The van der Waals surface area contributed by atoms with Crippen LogP contribution in [0.1, 0.15) is 36.8 Å². The van der Waals surface area contributed by atoms with Gasteiger partial charge in [0.1, 0.15) is 0 Å². The molecule has 0 aliphatic carbocycles. The van der Waals surface area contributed by atoms with Gasteiger partial charge in [-0.1, -0.05) is 36.4 Å². The number of nitrogens with zero attached hydrogens (tertiary/aromatic N) is 1. The Morgan fingerprint density at radius 1 is 0.686 bits per heavy atom. The predicted molar refractivity (Wildman–Crippen MR) is 148 cm³/mol. The van der Waals surface area contributed by atoms with Crippen LogP contribution in [-0.4, -0.2) is 64.2 Å². The van der Waals surface area contributed by atoms with Gasteiger partial charge >= 0.3 is 0 Å². The van der Waals surface area contributed by atoms with E-state index in [-0.39, 0.29) is 11.6 Å². The van der Waals surface area contributed by atoms with E-state index >= 15 is 0 Å². The number of aryl methyl sites for hydroxylation is 2. The van der Waals surface area contributed by atoms with Crippen molar-refractivity contribution >= 4 is 28.3 Å². The van der Waals surface area contributed by atoms with Crippen molar-refractivity contribution < 1.29 is 18.9 Å². The van der Waals surface area contributed by atoms with E-state index in [0.29, 0.717) is 0 Å². The monoisotopic (exact) mass is 594 g/mol. The number of anilines is 1. The molecule has 4 heterocycles. The van der Waals surface area contributed by atoms with Crippen molar-refractivity contribution in [2.24, 2.45) is 0 Å². The first-order valence-corrected chi connectivity index (χ1v) is 13.9. The fourth-order valence-corrected chi connectivity index (χ4v) is 5.32. The second kappa shape index (κ2) is 12.8. The molecule has 7 heteroatoms. The van der Waals surface area contributed by atoms with Gasteiger partial charge in [-0.15, -0.1) is 0 Å². The molecule has 6 nitrogen and oxygen atoms in total. The fraction of sp³-hybridized carbons (Fsp3) is 0.571. The standard InChI is InChI=1S/C14H19NO2.C7H7I.C7H13NO2/c1-12-4-2-3-5-13(12)15-8-6-14(7-9-15)16-10-11-17-14;1-6-4-2-3-5-7(6)8;1-3-8-4-2-7(1)9-5-6-10-7/h2-5H,6-11H2,1H3;2-5H,1H3;8H,1-6H2. The Balaban J connectivity index is 0.000000136. The van der Waals surface area contributed by atoms with Crippen molar-refractivity contribution in [1.82, 2.24) is 5.32 Å². The number of rotatable bonds is 1. The average molecular weight is 595 g/mol. The summed E-state index contributed by atoms with van der Waals surface area (Å²) in [4.78, 5) is 2.44. The third kappa shape index (κ3) is 7.40. The predicted octanol–water partition coefficient (Wildman–Crippen LogP) is 5.05. The molecule has 6 rings (SSSR count). The number of halogens is 1. The molecule has 1 N–H and O–H groups in total. The average Bonchev–Trinajstić information content (AvgIpc) is 3.53. The van der Waals surface area contributed by atoms with E-state index in [1.54, 1.807) is 0 Å². The Labute approximate surface area is 223 Å². The molecule has 0 amide bonds. The Bertz CT molecular complexity index is 890. The molecule has 2 aromatic carbocycles. The lowest BCUT2D eigenvalue weighted by atomic mass is 10.0. The van der Waals surface area contributed by atoms with Gasteiger partial charge in [0.15, 0.2) is 11.6 Å². The zero-order valence-electron chi connectivity index (χ0n) is 21.1. The highest BCUT2D eigenvalue weighted by Crippen LogP contribution is 2.34. The number of para-hydroxylation sites is 1. The smallest absolute Gasteiger partial charge is 0.171 e. The maximum Gasteiger partial charge on any atom is 0.171 e. The summed E-state index contributed by atoms with van der Waals surface area (Å²) >= 11 is 2.32. The van der Waals surface area contributed by atoms with Gasteiger partial charge in [0.2, 0.25) is 0 Å². The zero-order valence-corrected chi connectivity index (χ0v) is 23.2. The van der Waals surface area contributed by atoms with Crippen molar-refractivity contribution in [1.29, 1.82) is 0 Å². The Kier molecular flexibility index (Phi) is 9.83. The molecule has 0 saturated carbocycles. The molecule has 0 bridgehead atoms. The van der Waals surface area contributed by atoms with Crippen molar-refractivity contribution in [3.8, 4) is 0 Å². The van der Waals surface area contributed by atoms with Gasteiger partial charge in [0.05, 0.1) is 26.4 Å². The van der Waals surface area contributed by atoms with Gasteiger partial charge in [-0.25, -0.2) is 0 Å². The van der Waals surface area contributed by atoms with Gasteiger partial charge in [0.25, 0.3) is 0 Å². The summed E-state index contributed by atoms with van der Waals surface area (Å²) in [6.45, 7) is 11.4. The van der Waals surface area contributed by atoms with Crippen LogP contribution < -0.4 is 10.2 Å². The quantitative estimate of drug-likeness (QED) is 0.467. The number of benzene rings is 2. The molecule has 0 unspecified atom stereocenters. The fourth-order valence-electron chi connectivity index (χ4n) is 4.94. The second-order valence-electron chi connectivity index (χ2n) is 9.49. The topological polar surface area (TPSA) is 52.2 Å². The normalized spacial score (nSPS) is 22.3. The van der Waals surface area contributed by atoms with Gasteiger partial charge in [0, 0.05) is 61.1 Å². The third-order valence-corrected chi connectivity index (χ3v) is 8.26. The molecular formula is C28H39IN2O4. The SMILES string of the molecule is C1CC2(CCN1)OCCO2.Cc1ccccc1I.Cc1ccccc1N1CCC2(CC1)OCCO2. The van der Waals surface area contributed by atoms with E-state index < -0.39 is 0 Å². The summed E-state index contributed by atoms with van der Waals surface area (Å²) in [5, 5.41) is 3.28. The maximum absolute atomic E-state index is 5.75. The van der Waals surface area contributed by atoms with Crippen LogP contribution in [0.3, 0.4) is 0 Å². The Morgan fingerprint density at radius 3 is 1.66 bits per heavy atom. The van der Waals surface area contributed by atoms with Gasteiger partial charge in [-0.05, 0) is 59.7 Å². The molecule has 4 saturated heterocycles. The minimum Gasteiger partial charge on any atom is -0.371 e. The van der Waals surface area contributed by atoms with E-state index in [1.165, 1.54) is 20.4 Å². The minimum absolute atomic E-state index is 0.189. The molecule has 4 aliphatic rings. The van der Waals surface area contributed by atoms with Crippen molar-refractivity contribution in [2.75, 3.05) is 57.5 Å². The van der Waals surface area contributed by atoms with E-state index in [0.717, 1.165) is 78.3 Å². The van der Waals surface area contributed by atoms with Crippen LogP contribution in [0.15, 0.2) is 48.5 Å². The first kappa shape index (κ1) is 26.8. The summed E-state index contributed by atoms with van der Waals surface area (Å²) in [6, 6.07) is 16.9. The summed E-state index contributed by atoms with van der Waals surface area (Å²) in [6.07, 6.45) is 3.96. The number of nitrogens with one attached hydrogen (secondary N) is 1. The van der Waals surface area contributed by atoms with Crippen LogP contribution in [0, 0.1) is 17.4 Å². The first-order valence-electron chi connectivity index (χ1n) is 12.8. The molecule has 4 fully saturated rings. The highest BCUT2D eigenvalue weighted by atomic mass is 127. The number of hydrogen-bond acceptors (Lipinski definition) is 6. The first-order chi connectivity index (χ1) is 17.0. The third-order valence-electron chi connectivity index (χ3n) is 7.05. The van der Waals surface area contributed by atoms with Crippen LogP contribution in [0.25, 0.3) is 0 Å². The number of ether oxygens (including phenoxy) is 4. The van der Waals surface area contributed by atoms with Gasteiger partial charge < -0.3 is 29.2 Å². The molecule has 0 radical (unpaired) electrons. The van der Waals surface area contributed by atoms with E-state index in [1.807, 2.05) is 0 Å². The lowest BCUT2D eigenvalue weighted by Crippen LogP contribution is -2.45. The Hall–Kier alpha value is -1.23. The lowest BCUT2D eigenvalue weighted by molar-refractivity contribution is -0.172. The molecule has 0 atom stereocenters. The molecular weight excluding hydrogens is 555 g/mol. The van der Waals surface area contributed by atoms with E-state index in [4.69, 9.17) is 18.9 Å². The zero-order chi connectivity index (χ0) is 24.6. The number of hydrogen-bond donors (Lipinski definition) is 1. The van der Waals surface area contributed by atoms with Crippen LogP contribution in [-0.2, 0) is 18.9 Å². The summed E-state index contributed by atoms with van der Waals surface area (Å²) in [7, 11) is 0. The summed E-state index contributed by atoms with van der Waals surface area (Å²) in [5.74, 6) is -0.454. The maximum atomic E-state index is 5.75. The lowest BCUT2D eigenvalue weighted by Gasteiger charge is -2.39. The van der Waals surface area contributed by atoms with Crippen LogP contribution >= 0.6 is 22.6 Å². The van der Waals surface area contributed by atoms with Crippen molar-refractivity contribution in [2.45, 2.75) is 51.1 Å². The summed E-state index contributed by atoms with van der Waals surface area (Å²) in [5.41, 5.74) is 4.05. The van der Waals surface area contributed by atoms with E-state index in [2.05, 4.69) is 95.2 Å². The largest absolute Gasteiger partial charge is 0.371 e. The molecule has 4 aliphatic heterocycles. The second-order valence-corrected chi connectivity index (χ2v) is 10.7. The summed E-state index contributed by atoms with van der Waals surface area (Å²) < 4.78 is 23.9. The van der Waals surface area contributed by atoms with E-state index in [9.17, 15) is 0 Å². The molecule has 35 heavy (non-hydrogen) atoms. The number of piperidine rings is 2. The van der Waals surface area contributed by atoms with Crippen molar-refractivity contribution in [3.05, 3.63) is 63.2 Å². The minimum atomic E-state index is -0.265. The molecule has 2 aromatic rings. The van der Waals surface area contributed by atoms with Gasteiger partial charge in [-0.3, -0.25) is 0 Å². The molecule has 0 aromatic heterocycles. The Morgan fingerprint density at radius 2 is 1.17 bits per heavy atom. The molecule has 192 valence electrons. The highest BCUT2D eigenvalue weighted by Gasteiger charge is 2.40. The van der Waals surface area contributed by atoms with Crippen LogP contribution in [0.4, 0.5) is 5.69 Å². The van der Waals surface area contributed by atoms with Crippen LogP contribution in [0.2, 0.25) is 0 Å². The van der Waals surface area contributed by atoms with Crippen molar-refractivity contribution in [3.63, 3.8) is 0 Å². The highest BCUT2D eigenvalue weighted by molar-refractivity contribution is 14.1. The van der Waals surface area contributed by atoms with Crippen LogP contribution in [0.5, 0.6) is 0 Å². The van der Waals surface area contributed by atoms with Gasteiger partial charge in [-0.2, -0.15) is 0 Å². The molecule has 2 spiro atoms.